The van der Waals surface area contributed by atoms with E-state index in [0.717, 1.165) is 88.7 Å². The van der Waals surface area contributed by atoms with E-state index < -0.39 is 0 Å². The fraction of sp³-hybridized carbons (Fsp3) is 0.0435. The number of rotatable bonds is 4. The summed E-state index contributed by atoms with van der Waals surface area (Å²) < 4.78 is 0. The summed E-state index contributed by atoms with van der Waals surface area (Å²) in [4.78, 5) is 15.5. The number of aromatic amines is 4. The molecule has 0 amide bonds. The van der Waals surface area contributed by atoms with Crippen molar-refractivity contribution in [3.8, 4) is 0 Å². The molecule has 4 heteroatoms. The summed E-state index contributed by atoms with van der Waals surface area (Å²) in [6.45, 7) is 4.26. The van der Waals surface area contributed by atoms with Gasteiger partial charge in [-0.3, -0.25) is 0 Å². The van der Waals surface area contributed by atoms with Crippen LogP contribution in [0.25, 0.3) is 22.3 Å². The normalized spacial score (nSPS) is 12.8. The van der Waals surface area contributed by atoms with Gasteiger partial charge in [-0.25, -0.2) is 0 Å². The molecule has 4 aromatic heterocycles. The van der Waals surface area contributed by atoms with Crippen LogP contribution < -0.4 is 21.4 Å². The molecular formula is C46H36N4. The van der Waals surface area contributed by atoms with Gasteiger partial charge in [-0.15, -0.1) is 0 Å². The van der Waals surface area contributed by atoms with Crippen LogP contribution in [0, 0.1) is 13.8 Å². The number of H-pyrrole nitrogens is 4. The van der Waals surface area contributed by atoms with E-state index in [1.807, 2.05) is 0 Å². The first-order valence-electron chi connectivity index (χ1n) is 17.1. The fourth-order valence-electron chi connectivity index (χ4n) is 7.22. The lowest BCUT2D eigenvalue weighted by molar-refractivity contribution is 1.19. The Labute approximate surface area is 290 Å². The molecule has 4 nitrogen and oxygen atoms in total. The van der Waals surface area contributed by atoms with Crippen molar-refractivity contribution in [2.24, 2.45) is 0 Å². The van der Waals surface area contributed by atoms with Gasteiger partial charge in [-0.05, 0) is 84.6 Å². The zero-order chi connectivity index (χ0) is 33.6. The lowest BCUT2D eigenvalue weighted by Gasteiger charge is -2.10. The Morgan fingerprint density at radius 1 is 0.260 bits per heavy atom. The lowest BCUT2D eigenvalue weighted by Crippen LogP contribution is -2.19. The Hall–Kier alpha value is -6.52. The van der Waals surface area contributed by atoms with Crippen molar-refractivity contribution in [1.29, 1.82) is 0 Å². The van der Waals surface area contributed by atoms with E-state index in [1.165, 1.54) is 11.1 Å². The number of nitrogens with one attached hydrogen (secondary N) is 4. The molecule has 50 heavy (non-hydrogen) atoms. The summed E-state index contributed by atoms with van der Waals surface area (Å²) in [5.41, 5.74) is 15.6. The smallest absolute Gasteiger partial charge is 0.0485 e. The van der Waals surface area contributed by atoms with Gasteiger partial charge in [0.2, 0.25) is 0 Å². The zero-order valence-electron chi connectivity index (χ0n) is 28.0. The van der Waals surface area contributed by atoms with Gasteiger partial charge in [0.1, 0.15) is 0 Å². The van der Waals surface area contributed by atoms with Crippen LogP contribution in [0.2, 0.25) is 0 Å². The molecule has 8 bridgehead atoms. The quantitative estimate of drug-likeness (QED) is 0.161. The van der Waals surface area contributed by atoms with Crippen molar-refractivity contribution in [2.45, 2.75) is 13.8 Å². The van der Waals surface area contributed by atoms with E-state index in [9.17, 15) is 0 Å². The Balaban J connectivity index is 1.43. The minimum absolute atomic E-state index is 1.04. The number of hydrogen-bond donors (Lipinski definition) is 4. The highest BCUT2D eigenvalue weighted by Crippen LogP contribution is 2.28. The highest BCUT2D eigenvalue weighted by molar-refractivity contribution is 5.84. The van der Waals surface area contributed by atoms with Crippen molar-refractivity contribution in [1.82, 2.24) is 19.9 Å². The first kappa shape index (κ1) is 29.6. The molecule has 8 aromatic rings. The molecule has 0 atom stereocenters. The fourth-order valence-corrected chi connectivity index (χ4v) is 7.22. The van der Waals surface area contributed by atoms with Gasteiger partial charge in [0.25, 0.3) is 0 Å². The second-order valence-corrected chi connectivity index (χ2v) is 13.1. The van der Waals surface area contributed by atoms with E-state index in [0.29, 0.717) is 0 Å². The summed E-state index contributed by atoms with van der Waals surface area (Å²) in [5, 5.41) is 4.16. The van der Waals surface area contributed by atoms with Crippen molar-refractivity contribution in [3.63, 3.8) is 0 Å². The number of fused-ring (bicyclic) bond motifs is 8. The summed E-state index contributed by atoms with van der Waals surface area (Å²) in [6, 6.07) is 56.5. The zero-order valence-corrected chi connectivity index (χ0v) is 28.0. The highest BCUT2D eigenvalue weighted by atomic mass is 14.8. The largest absolute Gasteiger partial charge is 0.354 e. The third-order valence-corrected chi connectivity index (χ3v) is 9.70. The third-order valence-electron chi connectivity index (χ3n) is 9.70. The van der Waals surface area contributed by atoms with E-state index in [4.69, 9.17) is 0 Å². The SMILES string of the molecule is Cc1ccc(C2=c3ccc([nH]3)=C(c3ccccc3)c3ccc([nH]3)C(c3ccccc3)=c3ccc([nH]3)=C(c3ccc(C)cc3)c3ccc2[nH]3)cc1. The molecule has 0 unspecified atom stereocenters. The predicted molar refractivity (Wildman–Crippen MR) is 203 cm³/mol. The molecular weight excluding hydrogens is 609 g/mol. The Bertz CT molecular complexity index is 2540. The van der Waals surface area contributed by atoms with Crippen molar-refractivity contribution in [2.75, 3.05) is 0 Å². The molecule has 0 aliphatic carbocycles. The van der Waals surface area contributed by atoms with Gasteiger partial charge in [0, 0.05) is 66.5 Å². The maximum Gasteiger partial charge on any atom is 0.0485 e. The average Bonchev–Trinajstić information content (AvgIpc) is 3.98. The van der Waals surface area contributed by atoms with Crippen LogP contribution in [0.3, 0.4) is 0 Å². The molecule has 1 aliphatic rings. The summed E-state index contributed by atoms with van der Waals surface area (Å²) >= 11 is 0. The summed E-state index contributed by atoms with van der Waals surface area (Å²) in [7, 11) is 0. The van der Waals surface area contributed by atoms with Gasteiger partial charge in [-0.2, -0.15) is 0 Å². The van der Waals surface area contributed by atoms with E-state index in [2.05, 4.69) is 192 Å². The molecule has 0 fully saturated rings. The number of hydrogen-bond acceptors (Lipinski definition) is 0. The van der Waals surface area contributed by atoms with Crippen LogP contribution in [0.1, 0.15) is 56.2 Å². The Kier molecular flexibility index (Phi) is 7.21. The second kappa shape index (κ2) is 12.2. The summed E-state index contributed by atoms with van der Waals surface area (Å²) in [6.07, 6.45) is 0. The molecule has 5 heterocycles. The topological polar surface area (TPSA) is 63.2 Å². The number of aromatic nitrogens is 4. The average molecular weight is 645 g/mol. The molecule has 240 valence electrons. The van der Waals surface area contributed by atoms with Gasteiger partial charge < -0.3 is 19.9 Å². The van der Waals surface area contributed by atoms with Crippen LogP contribution in [-0.2, 0) is 0 Å². The molecule has 0 spiro atoms. The highest BCUT2D eigenvalue weighted by Gasteiger charge is 2.18. The number of aryl methyl sites for hydroxylation is 2. The molecule has 9 rings (SSSR count). The van der Waals surface area contributed by atoms with Crippen molar-refractivity contribution in [3.05, 3.63) is 235 Å². The Morgan fingerprint density at radius 3 is 0.840 bits per heavy atom. The lowest BCUT2D eigenvalue weighted by atomic mass is 10.0. The van der Waals surface area contributed by atoms with Gasteiger partial charge >= 0.3 is 0 Å². The predicted octanol–water partition coefficient (Wildman–Crippen LogP) is 6.92. The molecule has 0 radical (unpaired) electrons. The third kappa shape index (κ3) is 5.28. The summed E-state index contributed by atoms with van der Waals surface area (Å²) in [5.74, 6) is 0. The van der Waals surface area contributed by atoms with Gasteiger partial charge in [0.15, 0.2) is 0 Å². The van der Waals surface area contributed by atoms with Gasteiger partial charge in [0.05, 0.1) is 0 Å². The van der Waals surface area contributed by atoms with Crippen LogP contribution >= 0.6 is 0 Å². The second-order valence-electron chi connectivity index (χ2n) is 13.1. The maximum atomic E-state index is 3.87. The van der Waals surface area contributed by atoms with E-state index in [-0.39, 0.29) is 0 Å². The monoisotopic (exact) mass is 644 g/mol. The van der Waals surface area contributed by atoms with Crippen LogP contribution in [0.15, 0.2) is 158 Å². The molecule has 4 N–H and O–H groups in total. The van der Waals surface area contributed by atoms with E-state index >= 15 is 0 Å². The van der Waals surface area contributed by atoms with Gasteiger partial charge in [-0.1, -0.05) is 120 Å². The van der Waals surface area contributed by atoms with Crippen LogP contribution in [0.4, 0.5) is 0 Å². The molecule has 4 aromatic carbocycles. The minimum Gasteiger partial charge on any atom is -0.354 e. The Morgan fingerprint density at radius 2 is 0.540 bits per heavy atom. The van der Waals surface area contributed by atoms with Crippen LogP contribution in [-0.4, -0.2) is 19.9 Å². The molecule has 1 aliphatic heterocycles. The molecule has 0 saturated heterocycles. The first-order valence-corrected chi connectivity index (χ1v) is 17.1. The van der Waals surface area contributed by atoms with E-state index in [1.54, 1.807) is 0 Å². The first-order chi connectivity index (χ1) is 24.6. The maximum absolute atomic E-state index is 3.87. The minimum atomic E-state index is 1.04. The van der Waals surface area contributed by atoms with Crippen molar-refractivity contribution >= 4 is 22.3 Å². The number of benzene rings is 4. The molecule has 0 saturated carbocycles. The van der Waals surface area contributed by atoms with Crippen molar-refractivity contribution < 1.29 is 0 Å². The standard InChI is InChI=1S/C46H36N4/c1-29-13-17-33(18-14-29)45-39-25-23-37(48-39)43(31-9-5-3-6-10-31)35-21-22-36(47-35)44(32-11-7-4-8-12-32)38-24-26-40(49-38)46(42-28-27-41(45)50-42)34-19-15-30(2)16-20-34/h3-28,47-50H,1-2H3. The van der Waals surface area contributed by atoms with Crippen LogP contribution in [0.5, 0.6) is 0 Å².